The fourth-order valence-corrected chi connectivity index (χ4v) is 3.70. The number of carbonyl (C=O) groups is 2. The van der Waals surface area contributed by atoms with Crippen molar-refractivity contribution in [3.63, 3.8) is 0 Å². The van der Waals surface area contributed by atoms with Gasteiger partial charge in [0.05, 0.1) is 11.7 Å². The summed E-state index contributed by atoms with van der Waals surface area (Å²) in [5, 5.41) is 5.55. The molecule has 2 aliphatic rings. The lowest BCUT2D eigenvalue weighted by Crippen LogP contribution is -2.48. The first-order valence-corrected chi connectivity index (χ1v) is 8.58. The van der Waals surface area contributed by atoms with Gasteiger partial charge in [-0.3, -0.25) is 9.59 Å². The zero-order chi connectivity index (χ0) is 14.8. The molecule has 8 heteroatoms. The molecule has 0 radical (unpaired) electrons. The molecule has 0 spiro atoms. The number of carbonyl (C=O) groups excluding carboxylic acids is 2. The van der Waals surface area contributed by atoms with Crippen LogP contribution in [0.2, 0.25) is 0 Å². The van der Waals surface area contributed by atoms with Crippen LogP contribution < -0.4 is 10.6 Å². The summed E-state index contributed by atoms with van der Waals surface area (Å²) in [7, 11) is -3.13. The summed E-state index contributed by atoms with van der Waals surface area (Å²) in [5.74, 6) is -0.381. The van der Waals surface area contributed by atoms with Gasteiger partial charge >= 0.3 is 0 Å². The van der Waals surface area contributed by atoms with Gasteiger partial charge in [-0.25, -0.2) is 12.7 Å². The fraction of sp³-hybridized carbons (Fsp3) is 0.833. The molecule has 0 bridgehead atoms. The topological polar surface area (TPSA) is 95.6 Å². The third-order valence-electron chi connectivity index (χ3n) is 3.91. The van der Waals surface area contributed by atoms with Gasteiger partial charge in [-0.15, -0.1) is 0 Å². The van der Waals surface area contributed by atoms with Crippen LogP contribution in [0, 0.1) is 5.92 Å². The van der Waals surface area contributed by atoms with E-state index in [-0.39, 0.29) is 35.9 Å². The third kappa shape index (κ3) is 3.49. The van der Waals surface area contributed by atoms with Crippen LogP contribution in [0.5, 0.6) is 0 Å². The Kier molecular flexibility index (Phi) is 4.64. The molecule has 2 saturated heterocycles. The Labute approximate surface area is 119 Å². The van der Waals surface area contributed by atoms with E-state index in [1.165, 1.54) is 4.31 Å². The maximum atomic E-state index is 12.0. The Morgan fingerprint density at radius 1 is 1.40 bits per heavy atom. The molecule has 1 atom stereocenters. The van der Waals surface area contributed by atoms with Crippen LogP contribution in [0.15, 0.2) is 0 Å². The molecule has 0 aliphatic carbocycles. The molecular weight excluding hydrogens is 282 g/mol. The number of hydrogen-bond acceptors (Lipinski definition) is 4. The third-order valence-corrected chi connectivity index (χ3v) is 5.79. The molecule has 1 unspecified atom stereocenters. The van der Waals surface area contributed by atoms with Crippen molar-refractivity contribution in [2.45, 2.75) is 32.2 Å². The van der Waals surface area contributed by atoms with Crippen molar-refractivity contribution in [2.24, 2.45) is 5.92 Å². The van der Waals surface area contributed by atoms with Crippen LogP contribution in [0.25, 0.3) is 0 Å². The van der Waals surface area contributed by atoms with E-state index in [4.69, 9.17) is 0 Å². The molecule has 2 amide bonds. The Hall–Kier alpha value is -1.15. The van der Waals surface area contributed by atoms with E-state index >= 15 is 0 Å². The second-order valence-electron chi connectivity index (χ2n) is 5.29. The Morgan fingerprint density at radius 3 is 2.55 bits per heavy atom. The van der Waals surface area contributed by atoms with Crippen LogP contribution in [-0.4, -0.2) is 56.0 Å². The molecule has 7 nitrogen and oxygen atoms in total. The normalized spacial score (nSPS) is 25.4. The average molecular weight is 303 g/mol. The highest BCUT2D eigenvalue weighted by atomic mass is 32.2. The van der Waals surface area contributed by atoms with Crippen molar-refractivity contribution in [2.75, 3.05) is 25.4 Å². The molecule has 2 N–H and O–H groups in total. The van der Waals surface area contributed by atoms with Crippen molar-refractivity contribution in [1.82, 2.24) is 14.9 Å². The number of rotatable bonds is 4. The summed E-state index contributed by atoms with van der Waals surface area (Å²) in [6.45, 7) is 2.92. The fourth-order valence-electron chi connectivity index (χ4n) is 2.57. The molecule has 0 aromatic rings. The first-order chi connectivity index (χ1) is 9.42. The molecule has 114 valence electrons. The summed E-state index contributed by atoms with van der Waals surface area (Å²) < 4.78 is 24.9. The number of hydrogen-bond donors (Lipinski definition) is 2. The van der Waals surface area contributed by atoms with Gasteiger partial charge < -0.3 is 10.6 Å². The van der Waals surface area contributed by atoms with Crippen LogP contribution in [0.3, 0.4) is 0 Å². The Balaban J connectivity index is 1.80. The average Bonchev–Trinajstić information content (AvgIpc) is 2.86. The number of nitrogens with zero attached hydrogens (tertiary/aromatic N) is 1. The lowest BCUT2D eigenvalue weighted by molar-refractivity contribution is -0.127. The van der Waals surface area contributed by atoms with Crippen molar-refractivity contribution in [3.8, 4) is 0 Å². The molecule has 0 aromatic carbocycles. The van der Waals surface area contributed by atoms with Gasteiger partial charge in [-0.1, -0.05) is 0 Å². The number of piperidine rings is 1. The van der Waals surface area contributed by atoms with Gasteiger partial charge in [-0.05, 0) is 19.8 Å². The Bertz CT molecular complexity index is 483. The van der Waals surface area contributed by atoms with Crippen molar-refractivity contribution in [3.05, 3.63) is 0 Å². The minimum atomic E-state index is -3.13. The summed E-state index contributed by atoms with van der Waals surface area (Å²) in [6, 6.07) is 0.00140. The van der Waals surface area contributed by atoms with Gasteiger partial charge in [0.25, 0.3) is 0 Å². The Morgan fingerprint density at radius 2 is 2.05 bits per heavy atom. The number of nitrogens with one attached hydrogen (secondary N) is 2. The van der Waals surface area contributed by atoms with Gasteiger partial charge in [0.15, 0.2) is 0 Å². The summed E-state index contributed by atoms with van der Waals surface area (Å²) in [6.07, 6.45) is 1.49. The van der Waals surface area contributed by atoms with Gasteiger partial charge in [-0.2, -0.15) is 0 Å². The van der Waals surface area contributed by atoms with Crippen LogP contribution in [0.1, 0.15) is 26.2 Å². The van der Waals surface area contributed by atoms with Crippen molar-refractivity contribution in [1.29, 1.82) is 0 Å². The smallest absolute Gasteiger partial charge is 0.225 e. The van der Waals surface area contributed by atoms with E-state index in [1.54, 1.807) is 6.92 Å². The zero-order valence-electron chi connectivity index (χ0n) is 11.6. The van der Waals surface area contributed by atoms with Crippen LogP contribution in [-0.2, 0) is 19.6 Å². The molecule has 0 aromatic heterocycles. The first kappa shape index (κ1) is 15.2. The molecule has 2 aliphatic heterocycles. The number of amides is 2. The minimum absolute atomic E-state index is 0.00140. The van der Waals surface area contributed by atoms with E-state index in [1.807, 2.05) is 0 Å². The highest BCUT2D eigenvalue weighted by molar-refractivity contribution is 7.89. The predicted octanol–water partition coefficient (Wildman–Crippen LogP) is -0.947. The maximum absolute atomic E-state index is 12.0. The molecule has 2 heterocycles. The summed E-state index contributed by atoms with van der Waals surface area (Å²) in [4.78, 5) is 23.0. The van der Waals surface area contributed by atoms with E-state index < -0.39 is 10.0 Å². The zero-order valence-corrected chi connectivity index (χ0v) is 12.4. The molecular formula is C12H21N3O4S. The first-order valence-electron chi connectivity index (χ1n) is 6.97. The van der Waals surface area contributed by atoms with E-state index in [0.717, 1.165) is 0 Å². The van der Waals surface area contributed by atoms with E-state index in [0.29, 0.717) is 32.5 Å². The van der Waals surface area contributed by atoms with Crippen molar-refractivity contribution < 1.29 is 18.0 Å². The summed E-state index contributed by atoms with van der Waals surface area (Å²) >= 11 is 0. The van der Waals surface area contributed by atoms with Gasteiger partial charge in [0.2, 0.25) is 21.8 Å². The minimum Gasteiger partial charge on any atom is -0.355 e. The molecule has 0 saturated carbocycles. The second-order valence-corrected chi connectivity index (χ2v) is 7.55. The van der Waals surface area contributed by atoms with E-state index in [9.17, 15) is 18.0 Å². The SMILES string of the molecule is CCS(=O)(=O)N1CCC(NC(=O)C2CNC(=O)C2)CC1. The van der Waals surface area contributed by atoms with Gasteiger partial charge in [0, 0.05) is 32.1 Å². The second kappa shape index (κ2) is 6.09. The van der Waals surface area contributed by atoms with Gasteiger partial charge in [0.1, 0.15) is 0 Å². The monoisotopic (exact) mass is 303 g/mol. The highest BCUT2D eigenvalue weighted by Crippen LogP contribution is 2.16. The lowest BCUT2D eigenvalue weighted by atomic mass is 10.0. The van der Waals surface area contributed by atoms with Crippen LogP contribution in [0.4, 0.5) is 0 Å². The highest BCUT2D eigenvalue weighted by Gasteiger charge is 2.31. The molecule has 2 rings (SSSR count). The van der Waals surface area contributed by atoms with Crippen LogP contribution >= 0.6 is 0 Å². The molecule has 20 heavy (non-hydrogen) atoms. The number of sulfonamides is 1. The maximum Gasteiger partial charge on any atom is 0.225 e. The van der Waals surface area contributed by atoms with E-state index in [2.05, 4.69) is 10.6 Å². The molecule has 2 fully saturated rings. The predicted molar refractivity (Wildman–Crippen MR) is 73.3 cm³/mol. The quantitative estimate of drug-likeness (QED) is 0.700. The van der Waals surface area contributed by atoms with Crippen molar-refractivity contribution >= 4 is 21.8 Å². The standard InChI is InChI=1S/C12H21N3O4S/c1-2-20(18,19)15-5-3-10(4-6-15)14-12(17)9-7-11(16)13-8-9/h9-10H,2-8H2,1H3,(H,13,16)(H,14,17). The largest absolute Gasteiger partial charge is 0.355 e. The lowest BCUT2D eigenvalue weighted by Gasteiger charge is -2.31. The summed E-state index contributed by atoms with van der Waals surface area (Å²) in [5.41, 5.74) is 0.